The summed E-state index contributed by atoms with van der Waals surface area (Å²) in [4.78, 5) is 8.83. The van der Waals surface area contributed by atoms with E-state index in [4.69, 9.17) is 0 Å². The highest BCUT2D eigenvalue weighted by Crippen LogP contribution is 2.21. The Balaban J connectivity index is 2.26. The lowest BCUT2D eigenvalue weighted by Gasteiger charge is -2.20. The zero-order chi connectivity index (χ0) is 14.4. The van der Waals surface area contributed by atoms with E-state index in [9.17, 15) is 0 Å². The van der Waals surface area contributed by atoms with Crippen molar-refractivity contribution in [1.29, 1.82) is 0 Å². The van der Waals surface area contributed by atoms with Crippen molar-refractivity contribution in [3.8, 4) is 0 Å². The van der Waals surface area contributed by atoms with E-state index in [-0.39, 0.29) is 6.04 Å². The van der Waals surface area contributed by atoms with Gasteiger partial charge in [-0.05, 0) is 58.6 Å². The predicted molar refractivity (Wildman–Crippen MR) is 85.7 cm³/mol. The molecule has 0 aliphatic heterocycles. The summed E-state index contributed by atoms with van der Waals surface area (Å²) in [5.41, 5.74) is 3.66. The molecule has 0 radical (unpaired) electrons. The maximum atomic E-state index is 4.59. The first-order valence-corrected chi connectivity index (χ1v) is 7.80. The molecule has 1 N–H and O–H groups in total. The van der Waals surface area contributed by atoms with Gasteiger partial charge in [0.05, 0.1) is 11.7 Å². The molecule has 0 amide bonds. The Morgan fingerprint density at radius 1 is 1.30 bits per heavy atom. The summed E-state index contributed by atoms with van der Waals surface area (Å²) < 4.78 is 1.02. The van der Waals surface area contributed by atoms with Crippen LogP contribution in [0.25, 0.3) is 0 Å². The highest BCUT2D eigenvalue weighted by atomic mass is 79.9. The smallest absolute Gasteiger partial charge is 0.0608 e. The molecule has 106 valence electrons. The van der Waals surface area contributed by atoms with Crippen LogP contribution in [-0.2, 0) is 12.8 Å². The summed E-state index contributed by atoms with van der Waals surface area (Å²) in [5.74, 6) is 0. The molecule has 2 heterocycles. The number of nitrogens with zero attached hydrogens (tertiary/aromatic N) is 2. The maximum absolute atomic E-state index is 4.59. The van der Waals surface area contributed by atoms with E-state index in [0.29, 0.717) is 0 Å². The van der Waals surface area contributed by atoms with Gasteiger partial charge in [-0.2, -0.15) is 0 Å². The number of hydrogen-bond acceptors (Lipinski definition) is 3. The molecule has 1 atom stereocenters. The molecular formula is C16H20BrN3. The molecule has 0 saturated carbocycles. The van der Waals surface area contributed by atoms with Crippen molar-refractivity contribution >= 4 is 15.9 Å². The van der Waals surface area contributed by atoms with E-state index in [0.717, 1.165) is 29.6 Å². The number of aryl methyl sites for hydroxylation is 1. The summed E-state index contributed by atoms with van der Waals surface area (Å²) in [6.45, 7) is 5.22. The molecule has 0 aromatic carbocycles. The van der Waals surface area contributed by atoms with Crippen molar-refractivity contribution in [2.24, 2.45) is 0 Å². The second-order valence-electron chi connectivity index (χ2n) is 4.73. The highest BCUT2D eigenvalue weighted by molar-refractivity contribution is 9.10. The van der Waals surface area contributed by atoms with Crippen molar-refractivity contribution in [2.75, 3.05) is 6.54 Å². The second-order valence-corrected chi connectivity index (χ2v) is 5.64. The van der Waals surface area contributed by atoms with Gasteiger partial charge in [0.2, 0.25) is 0 Å². The number of pyridine rings is 2. The van der Waals surface area contributed by atoms with Gasteiger partial charge in [0.25, 0.3) is 0 Å². The fraction of sp³-hybridized carbons (Fsp3) is 0.375. The minimum Gasteiger partial charge on any atom is -0.309 e. The van der Waals surface area contributed by atoms with E-state index < -0.39 is 0 Å². The molecule has 20 heavy (non-hydrogen) atoms. The molecule has 0 aliphatic carbocycles. The fourth-order valence-corrected chi connectivity index (χ4v) is 2.79. The van der Waals surface area contributed by atoms with E-state index in [1.165, 1.54) is 11.1 Å². The number of nitrogens with one attached hydrogen (secondary N) is 1. The van der Waals surface area contributed by atoms with Gasteiger partial charge in [0.15, 0.2) is 0 Å². The molecule has 0 aliphatic rings. The first-order valence-electron chi connectivity index (χ1n) is 7.01. The summed E-state index contributed by atoms with van der Waals surface area (Å²) in [6, 6.07) is 6.51. The summed E-state index contributed by atoms with van der Waals surface area (Å²) >= 11 is 3.48. The largest absolute Gasteiger partial charge is 0.309 e. The third kappa shape index (κ3) is 3.87. The molecule has 2 aromatic heterocycles. The lowest BCUT2D eigenvalue weighted by atomic mass is 9.99. The Bertz CT molecular complexity index is 557. The van der Waals surface area contributed by atoms with Gasteiger partial charge in [-0.1, -0.05) is 19.9 Å². The Morgan fingerprint density at radius 2 is 2.15 bits per heavy atom. The number of rotatable bonds is 6. The average Bonchev–Trinajstić information content (AvgIpc) is 2.47. The number of aromatic nitrogens is 2. The Labute approximate surface area is 129 Å². The van der Waals surface area contributed by atoms with Gasteiger partial charge in [0.1, 0.15) is 0 Å². The molecule has 0 bridgehead atoms. The van der Waals surface area contributed by atoms with Crippen LogP contribution in [0.15, 0.2) is 41.3 Å². The van der Waals surface area contributed by atoms with Gasteiger partial charge < -0.3 is 5.32 Å². The van der Waals surface area contributed by atoms with Gasteiger partial charge in [0, 0.05) is 23.1 Å². The number of likely N-dealkylation sites (N-methyl/N-ethyl adjacent to an activating group) is 1. The molecular weight excluding hydrogens is 314 g/mol. The molecule has 3 nitrogen and oxygen atoms in total. The van der Waals surface area contributed by atoms with Crippen LogP contribution in [0.5, 0.6) is 0 Å². The highest BCUT2D eigenvalue weighted by Gasteiger charge is 2.16. The average molecular weight is 334 g/mol. The van der Waals surface area contributed by atoms with Crippen molar-refractivity contribution in [3.63, 3.8) is 0 Å². The van der Waals surface area contributed by atoms with Crippen LogP contribution in [-0.4, -0.2) is 16.5 Å². The van der Waals surface area contributed by atoms with Gasteiger partial charge in [-0.15, -0.1) is 0 Å². The van der Waals surface area contributed by atoms with Gasteiger partial charge in [-0.3, -0.25) is 9.97 Å². The Morgan fingerprint density at radius 3 is 2.85 bits per heavy atom. The molecule has 2 aromatic rings. The summed E-state index contributed by atoms with van der Waals surface area (Å²) in [6.07, 6.45) is 7.50. The van der Waals surface area contributed by atoms with Crippen molar-refractivity contribution in [2.45, 2.75) is 32.7 Å². The van der Waals surface area contributed by atoms with Gasteiger partial charge >= 0.3 is 0 Å². The molecule has 0 saturated heterocycles. The normalized spacial score (nSPS) is 12.3. The lowest BCUT2D eigenvalue weighted by molar-refractivity contribution is 0.531. The van der Waals surface area contributed by atoms with Crippen LogP contribution in [0.2, 0.25) is 0 Å². The number of hydrogen-bond donors (Lipinski definition) is 1. The summed E-state index contributed by atoms with van der Waals surface area (Å²) in [5, 5.41) is 3.54. The van der Waals surface area contributed by atoms with Gasteiger partial charge in [-0.25, -0.2) is 0 Å². The van der Waals surface area contributed by atoms with E-state index in [2.05, 4.69) is 57.2 Å². The topological polar surface area (TPSA) is 37.8 Å². The first kappa shape index (κ1) is 15.1. The van der Waals surface area contributed by atoms with Crippen molar-refractivity contribution < 1.29 is 0 Å². The monoisotopic (exact) mass is 333 g/mol. The van der Waals surface area contributed by atoms with Crippen molar-refractivity contribution in [1.82, 2.24) is 15.3 Å². The van der Waals surface area contributed by atoms with Crippen LogP contribution in [0.3, 0.4) is 0 Å². The molecule has 1 unspecified atom stereocenters. The fourth-order valence-electron chi connectivity index (χ4n) is 2.38. The van der Waals surface area contributed by atoms with Crippen LogP contribution < -0.4 is 5.32 Å². The predicted octanol–water partition coefficient (Wildman–Crippen LogP) is 3.69. The minimum atomic E-state index is 0.229. The van der Waals surface area contributed by atoms with Crippen LogP contribution >= 0.6 is 15.9 Å². The third-order valence-electron chi connectivity index (χ3n) is 3.29. The first-order chi connectivity index (χ1) is 9.74. The zero-order valence-corrected chi connectivity index (χ0v) is 13.5. The summed E-state index contributed by atoms with van der Waals surface area (Å²) in [7, 11) is 0. The molecule has 0 spiro atoms. The maximum Gasteiger partial charge on any atom is 0.0608 e. The SMILES string of the molecule is CCNC(Cc1cncc(Br)c1)c1ncccc1CC. The van der Waals surface area contributed by atoms with Crippen LogP contribution in [0, 0.1) is 0 Å². The third-order valence-corrected chi connectivity index (χ3v) is 3.72. The van der Waals surface area contributed by atoms with E-state index in [1.54, 1.807) is 0 Å². The van der Waals surface area contributed by atoms with Crippen LogP contribution in [0.1, 0.15) is 36.7 Å². The standard InChI is InChI=1S/C16H20BrN3/c1-3-13-6-5-7-20-16(13)15(19-4-2)9-12-8-14(17)11-18-10-12/h5-8,10-11,15,19H,3-4,9H2,1-2H3. The van der Waals surface area contributed by atoms with E-state index in [1.807, 2.05) is 24.7 Å². The molecule has 2 rings (SSSR count). The lowest BCUT2D eigenvalue weighted by Crippen LogP contribution is -2.25. The van der Waals surface area contributed by atoms with Crippen LogP contribution in [0.4, 0.5) is 0 Å². The minimum absolute atomic E-state index is 0.229. The second kappa shape index (κ2) is 7.50. The molecule has 4 heteroatoms. The van der Waals surface area contributed by atoms with E-state index >= 15 is 0 Å². The van der Waals surface area contributed by atoms with Crippen molar-refractivity contribution in [3.05, 3.63) is 58.1 Å². The number of halogens is 1. The Hall–Kier alpha value is -1.26. The zero-order valence-electron chi connectivity index (χ0n) is 11.9. The Kier molecular flexibility index (Phi) is 5.68. The molecule has 0 fully saturated rings. The quantitative estimate of drug-likeness (QED) is 0.875.